The van der Waals surface area contributed by atoms with Gasteiger partial charge < -0.3 is 0 Å². The largest absolute Gasteiger partial charge is 0.298 e. The first-order chi connectivity index (χ1) is 7.79. The van der Waals surface area contributed by atoms with E-state index in [0.29, 0.717) is 5.78 Å². The number of ketones is 1. The van der Waals surface area contributed by atoms with Gasteiger partial charge in [-0.2, -0.15) is 0 Å². The highest BCUT2D eigenvalue weighted by atomic mass is 16.1. The van der Waals surface area contributed by atoms with Gasteiger partial charge in [0.05, 0.1) is 0 Å². The van der Waals surface area contributed by atoms with Crippen molar-refractivity contribution in [1.29, 1.82) is 0 Å². The zero-order valence-electron chi connectivity index (χ0n) is 11.3. The summed E-state index contributed by atoms with van der Waals surface area (Å²) in [6, 6.07) is 0. The minimum atomic E-state index is -0.309. The SMILES string of the molecule is C=C1C[C@@]2(C)C=C[C@@H]1[C@](C)(CC=C(C)C)C2=O. The van der Waals surface area contributed by atoms with Crippen LogP contribution in [0.5, 0.6) is 0 Å². The average Bonchev–Trinajstić information content (AvgIpc) is 2.23. The number of rotatable bonds is 2. The summed E-state index contributed by atoms with van der Waals surface area (Å²) in [6.07, 6.45) is 8.14. The van der Waals surface area contributed by atoms with Gasteiger partial charge in [-0.05, 0) is 33.6 Å². The Hall–Kier alpha value is -1.11. The molecule has 1 saturated carbocycles. The standard InChI is InChI=1S/C16H22O/c1-11(2)6-9-16(5)13-7-8-15(4,14(16)17)10-12(13)3/h6-8,13H,3,9-10H2,1-2,4-5H3/t13-,15+,16-/m0/s1. The van der Waals surface area contributed by atoms with Crippen LogP contribution in [0, 0.1) is 16.7 Å². The van der Waals surface area contributed by atoms with E-state index in [1.165, 1.54) is 11.1 Å². The predicted octanol–water partition coefficient (Wildman–Crippen LogP) is 4.07. The molecule has 1 fully saturated rings. The molecule has 0 radical (unpaired) electrons. The second-order valence-corrected chi connectivity index (χ2v) is 6.32. The third-order valence-electron chi connectivity index (χ3n) is 4.35. The first kappa shape index (κ1) is 12.3. The van der Waals surface area contributed by atoms with Crippen molar-refractivity contribution in [3.05, 3.63) is 36.0 Å². The summed E-state index contributed by atoms with van der Waals surface area (Å²) < 4.78 is 0. The molecular weight excluding hydrogens is 208 g/mol. The molecule has 0 heterocycles. The first-order valence-corrected chi connectivity index (χ1v) is 6.35. The summed E-state index contributed by atoms with van der Waals surface area (Å²) in [7, 11) is 0. The van der Waals surface area contributed by atoms with Crippen molar-refractivity contribution in [2.24, 2.45) is 16.7 Å². The van der Waals surface area contributed by atoms with E-state index in [-0.39, 0.29) is 16.7 Å². The van der Waals surface area contributed by atoms with E-state index < -0.39 is 0 Å². The molecule has 0 aromatic rings. The van der Waals surface area contributed by atoms with Gasteiger partial charge >= 0.3 is 0 Å². The van der Waals surface area contributed by atoms with Crippen molar-refractivity contribution in [1.82, 2.24) is 0 Å². The summed E-state index contributed by atoms with van der Waals surface area (Å²) in [4.78, 5) is 12.7. The van der Waals surface area contributed by atoms with E-state index in [1.54, 1.807) is 0 Å². The Labute approximate surface area is 104 Å². The van der Waals surface area contributed by atoms with Crippen LogP contribution in [-0.2, 0) is 4.79 Å². The van der Waals surface area contributed by atoms with Crippen LogP contribution in [-0.4, -0.2) is 5.78 Å². The molecule has 3 aliphatic carbocycles. The molecule has 0 saturated heterocycles. The molecule has 1 heteroatoms. The minimum absolute atomic E-state index is 0.229. The van der Waals surface area contributed by atoms with Gasteiger partial charge in [0.15, 0.2) is 0 Å². The van der Waals surface area contributed by atoms with Crippen LogP contribution >= 0.6 is 0 Å². The number of fused-ring (bicyclic) bond motifs is 2. The lowest BCUT2D eigenvalue weighted by atomic mass is 9.51. The number of carbonyl (C=O) groups excluding carboxylic acids is 1. The van der Waals surface area contributed by atoms with E-state index in [9.17, 15) is 4.79 Å². The van der Waals surface area contributed by atoms with Gasteiger partial charge in [-0.3, -0.25) is 4.79 Å². The maximum absolute atomic E-state index is 12.7. The van der Waals surface area contributed by atoms with Crippen molar-refractivity contribution in [3.63, 3.8) is 0 Å². The molecule has 0 spiro atoms. The number of Topliss-reactive ketones (excluding diaryl/α,β-unsaturated/α-hetero) is 1. The second-order valence-electron chi connectivity index (χ2n) is 6.32. The summed E-state index contributed by atoms with van der Waals surface area (Å²) in [5, 5.41) is 0. The highest BCUT2D eigenvalue weighted by Gasteiger charge is 2.55. The van der Waals surface area contributed by atoms with Crippen LogP contribution in [0.3, 0.4) is 0 Å². The molecule has 2 bridgehead atoms. The highest BCUT2D eigenvalue weighted by molar-refractivity contribution is 5.95. The molecule has 0 N–H and O–H groups in total. The molecule has 0 unspecified atom stereocenters. The van der Waals surface area contributed by atoms with Gasteiger partial charge in [-0.1, -0.05) is 42.9 Å². The molecule has 3 rings (SSSR count). The van der Waals surface area contributed by atoms with Gasteiger partial charge in [-0.15, -0.1) is 0 Å². The van der Waals surface area contributed by atoms with Crippen molar-refractivity contribution in [3.8, 4) is 0 Å². The van der Waals surface area contributed by atoms with Crippen molar-refractivity contribution >= 4 is 5.78 Å². The fourth-order valence-corrected chi connectivity index (χ4v) is 3.33. The zero-order chi connectivity index (χ0) is 12.8. The van der Waals surface area contributed by atoms with Gasteiger partial charge in [0.1, 0.15) is 5.78 Å². The Balaban J connectivity index is 2.42. The second kappa shape index (κ2) is 3.69. The van der Waals surface area contributed by atoms with E-state index in [0.717, 1.165) is 12.8 Å². The predicted molar refractivity (Wildman–Crippen MR) is 71.7 cm³/mol. The van der Waals surface area contributed by atoms with Crippen LogP contribution in [0.25, 0.3) is 0 Å². The number of carbonyl (C=O) groups is 1. The average molecular weight is 230 g/mol. The molecule has 3 aliphatic rings. The lowest BCUT2D eigenvalue weighted by Gasteiger charge is -2.51. The highest BCUT2D eigenvalue weighted by Crippen LogP contribution is 2.55. The Bertz CT molecular complexity index is 436. The Morgan fingerprint density at radius 1 is 1.53 bits per heavy atom. The molecule has 0 aromatic carbocycles. The van der Waals surface area contributed by atoms with Crippen molar-refractivity contribution in [2.45, 2.75) is 40.5 Å². The smallest absolute Gasteiger partial charge is 0.149 e. The third-order valence-corrected chi connectivity index (χ3v) is 4.35. The summed E-state index contributed by atoms with van der Waals surface area (Å²) in [6.45, 7) is 12.5. The van der Waals surface area contributed by atoms with Crippen molar-refractivity contribution < 1.29 is 4.79 Å². The quantitative estimate of drug-likeness (QED) is 0.653. The van der Waals surface area contributed by atoms with Gasteiger partial charge in [-0.25, -0.2) is 0 Å². The van der Waals surface area contributed by atoms with Gasteiger partial charge in [0.2, 0.25) is 0 Å². The van der Waals surface area contributed by atoms with Crippen LogP contribution in [0.15, 0.2) is 36.0 Å². The molecule has 92 valence electrons. The normalized spacial score (nSPS) is 39.6. The number of hydrogen-bond donors (Lipinski definition) is 0. The van der Waals surface area contributed by atoms with E-state index >= 15 is 0 Å². The third kappa shape index (κ3) is 1.72. The fourth-order valence-electron chi connectivity index (χ4n) is 3.33. The van der Waals surface area contributed by atoms with E-state index in [1.807, 2.05) is 6.92 Å². The molecule has 0 amide bonds. The lowest BCUT2D eigenvalue weighted by molar-refractivity contribution is -0.140. The van der Waals surface area contributed by atoms with Crippen LogP contribution in [0.1, 0.15) is 40.5 Å². The Morgan fingerprint density at radius 3 is 2.71 bits per heavy atom. The molecular formula is C16H22O. The fraction of sp³-hybridized carbons (Fsp3) is 0.562. The molecule has 0 aromatic heterocycles. The molecule has 17 heavy (non-hydrogen) atoms. The maximum atomic E-state index is 12.7. The van der Waals surface area contributed by atoms with Crippen LogP contribution in [0.4, 0.5) is 0 Å². The lowest BCUT2D eigenvalue weighted by Crippen LogP contribution is -2.51. The molecule has 0 aliphatic heterocycles. The summed E-state index contributed by atoms with van der Waals surface area (Å²) in [5.74, 6) is 0.620. The first-order valence-electron chi connectivity index (χ1n) is 6.35. The Morgan fingerprint density at radius 2 is 2.18 bits per heavy atom. The topological polar surface area (TPSA) is 17.1 Å². The van der Waals surface area contributed by atoms with E-state index in [4.69, 9.17) is 0 Å². The molecule has 1 nitrogen and oxygen atoms in total. The zero-order valence-corrected chi connectivity index (χ0v) is 11.3. The molecule has 3 atom stereocenters. The Kier molecular flexibility index (Phi) is 2.68. The number of allylic oxidation sites excluding steroid dienone is 5. The van der Waals surface area contributed by atoms with Gasteiger partial charge in [0, 0.05) is 16.7 Å². The van der Waals surface area contributed by atoms with Crippen LogP contribution < -0.4 is 0 Å². The van der Waals surface area contributed by atoms with Crippen LogP contribution in [0.2, 0.25) is 0 Å². The monoisotopic (exact) mass is 230 g/mol. The maximum Gasteiger partial charge on any atom is 0.149 e. The van der Waals surface area contributed by atoms with Gasteiger partial charge in [0.25, 0.3) is 0 Å². The number of hydrogen-bond acceptors (Lipinski definition) is 1. The summed E-state index contributed by atoms with van der Waals surface area (Å²) in [5.41, 5.74) is 1.91. The summed E-state index contributed by atoms with van der Waals surface area (Å²) >= 11 is 0. The minimum Gasteiger partial charge on any atom is -0.298 e. The van der Waals surface area contributed by atoms with Crippen molar-refractivity contribution in [2.75, 3.05) is 0 Å². The van der Waals surface area contributed by atoms with E-state index in [2.05, 4.69) is 45.6 Å².